The van der Waals surface area contributed by atoms with Gasteiger partial charge in [0.2, 0.25) is 0 Å². The second kappa shape index (κ2) is 8.15. The van der Waals surface area contributed by atoms with Crippen LogP contribution in [0.2, 0.25) is 0 Å². The lowest BCUT2D eigenvalue weighted by Gasteiger charge is -2.24. The topological polar surface area (TPSA) is 30.5 Å². The second-order valence-electron chi connectivity index (χ2n) is 5.53. The first-order valence-electron chi connectivity index (χ1n) is 7.87. The first kappa shape index (κ1) is 15.2. The summed E-state index contributed by atoms with van der Waals surface area (Å²) < 4.78 is 11.5. The third-order valence-electron chi connectivity index (χ3n) is 3.86. The van der Waals surface area contributed by atoms with Crippen LogP contribution in [0, 0.1) is 0 Å². The molecule has 0 heterocycles. The molecule has 0 aliphatic heterocycles. The molecule has 1 aliphatic rings. The molecule has 3 heteroatoms. The third kappa shape index (κ3) is 4.41. The summed E-state index contributed by atoms with van der Waals surface area (Å²) in [5.41, 5.74) is 1.20. The van der Waals surface area contributed by atoms with Gasteiger partial charge < -0.3 is 14.8 Å². The normalized spacial score (nSPS) is 16.1. The van der Waals surface area contributed by atoms with E-state index in [2.05, 4.69) is 24.4 Å². The van der Waals surface area contributed by atoms with Gasteiger partial charge in [0.1, 0.15) is 11.5 Å². The number of methoxy groups -OCH3 is 1. The number of hydrogen-bond donors (Lipinski definition) is 1. The van der Waals surface area contributed by atoms with Crippen molar-refractivity contribution in [3.8, 4) is 11.5 Å². The van der Waals surface area contributed by atoms with Crippen molar-refractivity contribution >= 4 is 0 Å². The highest BCUT2D eigenvalue weighted by Crippen LogP contribution is 2.28. The van der Waals surface area contributed by atoms with E-state index < -0.39 is 0 Å². The Morgan fingerprint density at radius 2 is 2.00 bits per heavy atom. The van der Waals surface area contributed by atoms with Gasteiger partial charge in [-0.2, -0.15) is 0 Å². The van der Waals surface area contributed by atoms with Gasteiger partial charge in [-0.05, 0) is 56.8 Å². The summed E-state index contributed by atoms with van der Waals surface area (Å²) in [6, 6.07) is 6.12. The van der Waals surface area contributed by atoms with Crippen molar-refractivity contribution in [3.63, 3.8) is 0 Å². The fourth-order valence-corrected chi connectivity index (χ4v) is 2.70. The summed E-state index contributed by atoms with van der Waals surface area (Å²) in [6.07, 6.45) is 7.86. The Balaban J connectivity index is 2.04. The van der Waals surface area contributed by atoms with Gasteiger partial charge in [0.15, 0.2) is 0 Å². The van der Waals surface area contributed by atoms with Crippen LogP contribution >= 0.6 is 0 Å². The summed E-state index contributed by atoms with van der Waals surface area (Å²) in [4.78, 5) is 0. The van der Waals surface area contributed by atoms with Crippen LogP contribution in [-0.4, -0.2) is 19.8 Å². The number of nitrogens with one attached hydrogen (secondary N) is 1. The Morgan fingerprint density at radius 1 is 1.20 bits per heavy atom. The van der Waals surface area contributed by atoms with Gasteiger partial charge in [-0.3, -0.25) is 0 Å². The molecule has 3 nitrogen and oxygen atoms in total. The fourth-order valence-electron chi connectivity index (χ4n) is 2.70. The molecular weight excluding hydrogens is 250 g/mol. The molecule has 1 saturated carbocycles. The highest BCUT2D eigenvalue weighted by Gasteiger charge is 2.16. The van der Waals surface area contributed by atoms with E-state index in [0.717, 1.165) is 31.0 Å². The summed E-state index contributed by atoms with van der Waals surface area (Å²) in [7, 11) is 1.71. The zero-order valence-electron chi connectivity index (χ0n) is 12.8. The van der Waals surface area contributed by atoms with Crippen molar-refractivity contribution in [2.24, 2.45) is 0 Å². The quantitative estimate of drug-likeness (QED) is 0.767. The van der Waals surface area contributed by atoms with E-state index >= 15 is 0 Å². The van der Waals surface area contributed by atoms with Crippen molar-refractivity contribution in [1.82, 2.24) is 5.32 Å². The maximum absolute atomic E-state index is 6.22. The standard InChI is InChI=1S/C17H27NO2/c1-3-11-18-13-14-12-16(19-2)9-10-17(14)20-15-7-5-4-6-8-15/h9-10,12,15,18H,3-8,11,13H2,1-2H3. The Bertz CT molecular complexity index is 400. The van der Waals surface area contributed by atoms with Gasteiger partial charge in [-0.25, -0.2) is 0 Å². The summed E-state index contributed by atoms with van der Waals surface area (Å²) in [5, 5.41) is 3.44. The average molecular weight is 277 g/mol. The maximum Gasteiger partial charge on any atom is 0.124 e. The van der Waals surface area contributed by atoms with Gasteiger partial charge in [0, 0.05) is 12.1 Å². The van der Waals surface area contributed by atoms with Gasteiger partial charge in [-0.15, -0.1) is 0 Å². The molecule has 0 atom stereocenters. The van der Waals surface area contributed by atoms with Crippen LogP contribution in [0.1, 0.15) is 51.0 Å². The Kier molecular flexibility index (Phi) is 6.19. The largest absolute Gasteiger partial charge is 0.497 e. The highest BCUT2D eigenvalue weighted by molar-refractivity contribution is 5.40. The molecule has 1 N–H and O–H groups in total. The lowest BCUT2D eigenvalue weighted by Crippen LogP contribution is -2.21. The maximum atomic E-state index is 6.22. The number of hydrogen-bond acceptors (Lipinski definition) is 3. The number of ether oxygens (including phenoxy) is 2. The van der Waals surface area contributed by atoms with E-state index in [-0.39, 0.29) is 0 Å². The van der Waals surface area contributed by atoms with Crippen molar-refractivity contribution < 1.29 is 9.47 Å². The molecule has 0 radical (unpaired) electrons. The summed E-state index contributed by atoms with van der Waals surface area (Å²) in [6.45, 7) is 4.05. The number of benzene rings is 1. The highest BCUT2D eigenvalue weighted by atomic mass is 16.5. The Morgan fingerprint density at radius 3 is 2.70 bits per heavy atom. The SMILES string of the molecule is CCCNCc1cc(OC)ccc1OC1CCCCC1. The Hall–Kier alpha value is -1.22. The monoisotopic (exact) mass is 277 g/mol. The van der Waals surface area contributed by atoms with Crippen LogP contribution in [0.3, 0.4) is 0 Å². The van der Waals surface area contributed by atoms with E-state index in [1.54, 1.807) is 7.11 Å². The molecule has 1 fully saturated rings. The molecule has 1 aromatic carbocycles. The van der Waals surface area contributed by atoms with Crippen LogP contribution in [0.4, 0.5) is 0 Å². The van der Waals surface area contributed by atoms with Gasteiger partial charge >= 0.3 is 0 Å². The minimum absolute atomic E-state index is 0.391. The van der Waals surface area contributed by atoms with Gasteiger partial charge in [0.25, 0.3) is 0 Å². The predicted molar refractivity (Wildman–Crippen MR) is 82.5 cm³/mol. The fraction of sp³-hybridized carbons (Fsp3) is 0.647. The smallest absolute Gasteiger partial charge is 0.124 e. The minimum atomic E-state index is 0.391. The van der Waals surface area contributed by atoms with Crippen LogP contribution < -0.4 is 14.8 Å². The lowest BCUT2D eigenvalue weighted by molar-refractivity contribution is 0.153. The third-order valence-corrected chi connectivity index (χ3v) is 3.86. The average Bonchev–Trinajstić information content (AvgIpc) is 2.50. The zero-order chi connectivity index (χ0) is 14.2. The predicted octanol–water partition coefficient (Wildman–Crippen LogP) is 3.91. The molecule has 0 saturated heterocycles. The molecule has 0 spiro atoms. The molecular formula is C17H27NO2. The van der Waals surface area contributed by atoms with E-state index in [1.807, 2.05) is 6.07 Å². The molecule has 20 heavy (non-hydrogen) atoms. The lowest BCUT2D eigenvalue weighted by atomic mass is 9.97. The Labute approximate surface area is 122 Å². The minimum Gasteiger partial charge on any atom is -0.497 e. The van der Waals surface area contributed by atoms with Crippen molar-refractivity contribution in [2.45, 2.75) is 58.1 Å². The van der Waals surface area contributed by atoms with Crippen LogP contribution in [0.15, 0.2) is 18.2 Å². The molecule has 112 valence electrons. The second-order valence-corrected chi connectivity index (χ2v) is 5.53. The zero-order valence-corrected chi connectivity index (χ0v) is 12.8. The van der Waals surface area contributed by atoms with Crippen LogP contribution in [-0.2, 0) is 6.54 Å². The first-order chi connectivity index (χ1) is 9.83. The molecule has 2 rings (SSSR count). The summed E-state index contributed by atoms with van der Waals surface area (Å²) >= 11 is 0. The molecule has 0 aromatic heterocycles. The van der Waals surface area contributed by atoms with Gasteiger partial charge in [-0.1, -0.05) is 13.3 Å². The van der Waals surface area contributed by atoms with Crippen LogP contribution in [0.25, 0.3) is 0 Å². The van der Waals surface area contributed by atoms with E-state index in [0.29, 0.717) is 6.10 Å². The van der Waals surface area contributed by atoms with E-state index in [9.17, 15) is 0 Å². The van der Waals surface area contributed by atoms with Crippen LogP contribution in [0.5, 0.6) is 11.5 Å². The van der Waals surface area contributed by atoms with Gasteiger partial charge in [0.05, 0.1) is 13.2 Å². The molecule has 0 bridgehead atoms. The van der Waals surface area contributed by atoms with E-state index in [4.69, 9.17) is 9.47 Å². The van der Waals surface area contributed by atoms with Crippen molar-refractivity contribution in [3.05, 3.63) is 23.8 Å². The molecule has 0 amide bonds. The summed E-state index contributed by atoms with van der Waals surface area (Å²) in [5.74, 6) is 1.91. The number of rotatable bonds is 7. The molecule has 0 unspecified atom stereocenters. The van der Waals surface area contributed by atoms with Crippen molar-refractivity contribution in [2.75, 3.05) is 13.7 Å². The molecule has 1 aromatic rings. The first-order valence-corrected chi connectivity index (χ1v) is 7.87. The van der Waals surface area contributed by atoms with E-state index in [1.165, 1.54) is 37.7 Å². The molecule has 1 aliphatic carbocycles. The van der Waals surface area contributed by atoms with Crippen molar-refractivity contribution in [1.29, 1.82) is 0 Å².